The highest BCUT2D eigenvalue weighted by molar-refractivity contribution is 5.76. The lowest BCUT2D eigenvalue weighted by atomic mass is 10.2. The first-order valence-electron chi connectivity index (χ1n) is 5.60. The number of rotatable bonds is 5. The lowest BCUT2D eigenvalue weighted by Crippen LogP contribution is -2.24. The summed E-state index contributed by atoms with van der Waals surface area (Å²) in [5.41, 5.74) is 7.20. The molecule has 0 saturated carbocycles. The molecule has 94 valence electrons. The fourth-order valence-electron chi connectivity index (χ4n) is 1.45. The minimum absolute atomic E-state index is 0.0163. The first-order chi connectivity index (χ1) is 8.04. The number of hydrogen-bond donors (Lipinski definition) is 3. The number of halogens is 1. The number of amides is 1. The van der Waals surface area contributed by atoms with Gasteiger partial charge in [0.1, 0.15) is 5.82 Å². The first-order valence-corrected chi connectivity index (χ1v) is 5.60. The molecule has 0 atom stereocenters. The molecule has 4 N–H and O–H groups in total. The third-order valence-electron chi connectivity index (χ3n) is 2.37. The Morgan fingerprint density at radius 1 is 1.47 bits per heavy atom. The molecular weight excluding hydrogens is 221 g/mol. The van der Waals surface area contributed by atoms with E-state index in [9.17, 15) is 9.18 Å². The number of benzene rings is 1. The van der Waals surface area contributed by atoms with Gasteiger partial charge in [0.25, 0.3) is 0 Å². The summed E-state index contributed by atoms with van der Waals surface area (Å²) < 4.78 is 13.1. The maximum atomic E-state index is 13.1. The number of carbonyl (C=O) groups is 1. The van der Waals surface area contributed by atoms with Crippen LogP contribution in [0, 0.1) is 12.7 Å². The fraction of sp³-hybridized carbons (Fsp3) is 0.417. The number of carbonyl (C=O) groups excluding carboxylic acids is 1. The second-order valence-corrected chi connectivity index (χ2v) is 3.82. The molecule has 0 aliphatic heterocycles. The van der Waals surface area contributed by atoms with E-state index < -0.39 is 0 Å². The van der Waals surface area contributed by atoms with Crippen LogP contribution in [0.3, 0.4) is 0 Å². The van der Waals surface area contributed by atoms with E-state index in [2.05, 4.69) is 10.6 Å². The van der Waals surface area contributed by atoms with E-state index in [-0.39, 0.29) is 11.7 Å². The lowest BCUT2D eigenvalue weighted by Gasteiger charge is -2.10. The fourth-order valence-corrected chi connectivity index (χ4v) is 1.45. The topological polar surface area (TPSA) is 67.2 Å². The summed E-state index contributed by atoms with van der Waals surface area (Å²) in [4.78, 5) is 11.2. The zero-order chi connectivity index (χ0) is 12.8. The van der Waals surface area contributed by atoms with Gasteiger partial charge in [0.15, 0.2) is 0 Å². The molecule has 0 saturated heterocycles. The first kappa shape index (κ1) is 13.3. The standard InChI is InChI=1S/C12H18FN3O/c1-3-15-12(17)4-5-16-11-6-8(2)9(13)7-10(11)14/h6-7,16H,3-5,14H2,1-2H3,(H,15,17). The van der Waals surface area contributed by atoms with Gasteiger partial charge in [-0.2, -0.15) is 0 Å². The maximum absolute atomic E-state index is 13.1. The third-order valence-corrected chi connectivity index (χ3v) is 2.37. The van der Waals surface area contributed by atoms with E-state index in [1.807, 2.05) is 6.92 Å². The summed E-state index contributed by atoms with van der Waals surface area (Å²) in [5, 5.41) is 5.71. The number of hydrogen-bond acceptors (Lipinski definition) is 3. The summed E-state index contributed by atoms with van der Waals surface area (Å²) >= 11 is 0. The van der Waals surface area contributed by atoms with Crippen LogP contribution in [0.4, 0.5) is 15.8 Å². The Labute approximate surface area is 100 Å². The predicted molar refractivity (Wildman–Crippen MR) is 67.3 cm³/mol. The molecule has 0 heterocycles. The van der Waals surface area contributed by atoms with E-state index in [0.29, 0.717) is 36.4 Å². The lowest BCUT2D eigenvalue weighted by molar-refractivity contribution is -0.120. The summed E-state index contributed by atoms with van der Waals surface area (Å²) in [5.74, 6) is -0.339. The predicted octanol–water partition coefficient (Wildman–Crippen LogP) is 1.65. The van der Waals surface area contributed by atoms with E-state index in [0.717, 1.165) is 0 Å². The largest absolute Gasteiger partial charge is 0.397 e. The van der Waals surface area contributed by atoms with Crippen LogP contribution in [0.2, 0.25) is 0 Å². The van der Waals surface area contributed by atoms with Crippen LogP contribution in [0.5, 0.6) is 0 Å². The van der Waals surface area contributed by atoms with Gasteiger partial charge in [-0.3, -0.25) is 4.79 Å². The highest BCUT2D eigenvalue weighted by Gasteiger charge is 2.05. The van der Waals surface area contributed by atoms with Crippen molar-refractivity contribution in [3.05, 3.63) is 23.5 Å². The zero-order valence-corrected chi connectivity index (χ0v) is 10.1. The molecular formula is C12H18FN3O. The quantitative estimate of drug-likeness (QED) is 0.684. The summed E-state index contributed by atoms with van der Waals surface area (Å²) in [6.45, 7) is 4.63. The molecule has 1 aromatic carbocycles. The minimum atomic E-state index is -0.322. The molecule has 0 radical (unpaired) electrons. The van der Waals surface area contributed by atoms with Crippen LogP contribution in [0.25, 0.3) is 0 Å². The molecule has 0 fully saturated rings. The van der Waals surface area contributed by atoms with Gasteiger partial charge in [-0.15, -0.1) is 0 Å². The van der Waals surface area contributed by atoms with Gasteiger partial charge in [-0.25, -0.2) is 4.39 Å². The van der Waals surface area contributed by atoms with Crippen LogP contribution in [-0.4, -0.2) is 19.0 Å². The SMILES string of the molecule is CCNC(=O)CCNc1cc(C)c(F)cc1N. The van der Waals surface area contributed by atoms with Crippen LogP contribution in [-0.2, 0) is 4.79 Å². The van der Waals surface area contributed by atoms with Crippen molar-refractivity contribution in [1.82, 2.24) is 5.32 Å². The van der Waals surface area contributed by atoms with Gasteiger partial charge in [0.2, 0.25) is 5.91 Å². The van der Waals surface area contributed by atoms with Crippen LogP contribution < -0.4 is 16.4 Å². The summed E-state index contributed by atoms with van der Waals surface area (Å²) in [7, 11) is 0. The van der Waals surface area contributed by atoms with Crippen molar-refractivity contribution in [1.29, 1.82) is 0 Å². The normalized spacial score (nSPS) is 10.1. The minimum Gasteiger partial charge on any atom is -0.397 e. The molecule has 1 rings (SSSR count). The number of anilines is 2. The van der Waals surface area contributed by atoms with E-state index in [1.165, 1.54) is 6.07 Å². The van der Waals surface area contributed by atoms with Crippen molar-refractivity contribution in [2.75, 3.05) is 24.1 Å². The van der Waals surface area contributed by atoms with Crippen molar-refractivity contribution in [2.24, 2.45) is 0 Å². The van der Waals surface area contributed by atoms with Crippen molar-refractivity contribution in [3.63, 3.8) is 0 Å². The average molecular weight is 239 g/mol. The Morgan fingerprint density at radius 2 is 2.18 bits per heavy atom. The van der Waals surface area contributed by atoms with Crippen LogP contribution in [0.15, 0.2) is 12.1 Å². The van der Waals surface area contributed by atoms with E-state index in [1.54, 1.807) is 13.0 Å². The number of nitrogens with two attached hydrogens (primary N) is 1. The van der Waals surface area contributed by atoms with Crippen molar-refractivity contribution in [2.45, 2.75) is 20.3 Å². The number of nitrogen functional groups attached to an aromatic ring is 1. The van der Waals surface area contributed by atoms with Crippen molar-refractivity contribution >= 4 is 17.3 Å². The molecule has 0 spiro atoms. The highest BCUT2D eigenvalue weighted by atomic mass is 19.1. The Hall–Kier alpha value is -1.78. The Bertz CT molecular complexity index is 407. The number of aryl methyl sites for hydroxylation is 1. The van der Waals surface area contributed by atoms with E-state index in [4.69, 9.17) is 5.73 Å². The summed E-state index contributed by atoms with van der Waals surface area (Å²) in [6, 6.07) is 2.92. The molecule has 17 heavy (non-hydrogen) atoms. The smallest absolute Gasteiger partial charge is 0.221 e. The Morgan fingerprint density at radius 3 is 2.82 bits per heavy atom. The van der Waals surface area contributed by atoms with Gasteiger partial charge in [0, 0.05) is 19.5 Å². The number of nitrogens with one attached hydrogen (secondary N) is 2. The van der Waals surface area contributed by atoms with Crippen LogP contribution >= 0.6 is 0 Å². The third kappa shape index (κ3) is 3.94. The molecule has 0 aliphatic rings. The Kier molecular flexibility index (Phi) is 4.75. The highest BCUT2D eigenvalue weighted by Crippen LogP contribution is 2.22. The van der Waals surface area contributed by atoms with Gasteiger partial charge >= 0.3 is 0 Å². The van der Waals surface area contributed by atoms with Gasteiger partial charge in [-0.1, -0.05) is 0 Å². The average Bonchev–Trinajstić information content (AvgIpc) is 2.26. The maximum Gasteiger partial charge on any atom is 0.221 e. The molecule has 0 aromatic heterocycles. The monoisotopic (exact) mass is 239 g/mol. The van der Waals surface area contributed by atoms with Crippen LogP contribution in [0.1, 0.15) is 18.9 Å². The van der Waals surface area contributed by atoms with Gasteiger partial charge in [0.05, 0.1) is 11.4 Å². The molecule has 0 aliphatic carbocycles. The molecule has 5 heteroatoms. The second kappa shape index (κ2) is 6.08. The van der Waals surface area contributed by atoms with Gasteiger partial charge < -0.3 is 16.4 Å². The molecule has 0 bridgehead atoms. The molecule has 4 nitrogen and oxygen atoms in total. The molecule has 1 amide bonds. The van der Waals surface area contributed by atoms with Crippen molar-refractivity contribution in [3.8, 4) is 0 Å². The molecule has 0 unspecified atom stereocenters. The second-order valence-electron chi connectivity index (χ2n) is 3.82. The van der Waals surface area contributed by atoms with Crippen molar-refractivity contribution < 1.29 is 9.18 Å². The van der Waals surface area contributed by atoms with E-state index >= 15 is 0 Å². The molecule has 1 aromatic rings. The Balaban J connectivity index is 2.52. The summed E-state index contributed by atoms with van der Waals surface area (Å²) in [6.07, 6.45) is 0.365. The van der Waals surface area contributed by atoms with Gasteiger partial charge in [-0.05, 0) is 31.5 Å². The zero-order valence-electron chi connectivity index (χ0n) is 10.1.